The van der Waals surface area contributed by atoms with E-state index in [1.165, 1.54) is 199 Å². The van der Waals surface area contributed by atoms with Crippen LogP contribution in [-0.2, 0) is 4.79 Å². The monoisotopic (exact) mass is 820 g/mol. The standard InChI is InChI=1S/C52H101NO5/c1-3-5-7-9-11-13-15-17-18-19-20-21-22-23-24-25-26-27-28-29-30-31-32-34-35-37-39-41-43-45-49(55)51(57)48(47-54)53-52(58)50(56)46-44-42-40-38-36-33-16-14-12-10-8-6-4-2/h31-32,37,39,48-51,54-57H,3-30,33-36,38,40-47H2,1-2H3,(H,53,58)/b32-31+,39-37+. The predicted molar refractivity (Wildman–Crippen MR) is 251 cm³/mol. The summed E-state index contributed by atoms with van der Waals surface area (Å²) < 4.78 is 0. The van der Waals surface area contributed by atoms with Crippen molar-refractivity contribution < 1.29 is 25.2 Å². The fourth-order valence-electron chi connectivity index (χ4n) is 8.07. The Morgan fingerprint density at radius 2 is 0.724 bits per heavy atom. The van der Waals surface area contributed by atoms with Gasteiger partial charge in [-0.05, 0) is 51.4 Å². The van der Waals surface area contributed by atoms with Gasteiger partial charge in [-0.2, -0.15) is 0 Å². The first-order valence-electron chi connectivity index (χ1n) is 25.7. The Kier molecular flexibility index (Phi) is 45.9. The minimum atomic E-state index is -1.29. The van der Waals surface area contributed by atoms with E-state index >= 15 is 0 Å². The molecule has 0 heterocycles. The third kappa shape index (κ3) is 40.2. The summed E-state index contributed by atoms with van der Waals surface area (Å²) in [5.41, 5.74) is 0. The molecule has 0 saturated carbocycles. The van der Waals surface area contributed by atoms with E-state index in [-0.39, 0.29) is 0 Å². The lowest BCUT2D eigenvalue weighted by atomic mass is 10.00. The van der Waals surface area contributed by atoms with Gasteiger partial charge in [0.25, 0.3) is 0 Å². The SMILES string of the molecule is CCCCCCCCCCCCCCCCCCCCCC/C=C/CC/C=C/CCCC(O)C(O)C(CO)NC(=O)C(O)CCCCCCCCCCCCCCC. The molecular weight excluding hydrogens is 719 g/mol. The Bertz CT molecular complexity index is 878. The molecule has 0 aliphatic heterocycles. The van der Waals surface area contributed by atoms with Crippen LogP contribution < -0.4 is 5.32 Å². The zero-order valence-electron chi connectivity index (χ0n) is 38.8. The Hall–Kier alpha value is -1.21. The van der Waals surface area contributed by atoms with E-state index in [1.54, 1.807) is 0 Å². The summed E-state index contributed by atoms with van der Waals surface area (Å²) in [6.45, 7) is 4.05. The van der Waals surface area contributed by atoms with Crippen molar-refractivity contribution in [2.45, 2.75) is 295 Å². The minimum absolute atomic E-state index is 0.363. The molecule has 6 nitrogen and oxygen atoms in total. The molecule has 0 aromatic rings. The zero-order chi connectivity index (χ0) is 42.4. The predicted octanol–water partition coefficient (Wildman–Crippen LogP) is 14.3. The van der Waals surface area contributed by atoms with E-state index in [1.807, 2.05) is 0 Å². The number of carbonyl (C=O) groups is 1. The van der Waals surface area contributed by atoms with Crippen molar-refractivity contribution >= 4 is 5.91 Å². The fourth-order valence-corrected chi connectivity index (χ4v) is 8.07. The van der Waals surface area contributed by atoms with Crippen LogP contribution in [0.15, 0.2) is 24.3 Å². The van der Waals surface area contributed by atoms with Gasteiger partial charge in [0.15, 0.2) is 0 Å². The van der Waals surface area contributed by atoms with Gasteiger partial charge >= 0.3 is 0 Å². The van der Waals surface area contributed by atoms with Crippen molar-refractivity contribution in [3.63, 3.8) is 0 Å². The van der Waals surface area contributed by atoms with Crippen LogP contribution in [0.3, 0.4) is 0 Å². The summed E-state index contributed by atoms with van der Waals surface area (Å²) in [5, 5.41) is 43.7. The molecule has 0 fully saturated rings. The first-order valence-corrected chi connectivity index (χ1v) is 25.7. The molecule has 0 aromatic carbocycles. The lowest BCUT2D eigenvalue weighted by Crippen LogP contribution is -2.53. The number of amides is 1. The highest BCUT2D eigenvalue weighted by molar-refractivity contribution is 5.80. The molecule has 0 bridgehead atoms. The Labute approximate surface area is 361 Å². The van der Waals surface area contributed by atoms with E-state index in [0.29, 0.717) is 19.3 Å². The fraction of sp³-hybridized carbons (Fsp3) is 0.904. The number of allylic oxidation sites excluding steroid dienone is 4. The average molecular weight is 820 g/mol. The van der Waals surface area contributed by atoms with Gasteiger partial charge in [0, 0.05) is 0 Å². The summed E-state index contributed by atoms with van der Waals surface area (Å²) >= 11 is 0. The van der Waals surface area contributed by atoms with Crippen molar-refractivity contribution in [2.75, 3.05) is 6.61 Å². The van der Waals surface area contributed by atoms with Gasteiger partial charge in [0.2, 0.25) is 5.91 Å². The van der Waals surface area contributed by atoms with Crippen LogP contribution in [-0.4, -0.2) is 57.3 Å². The average Bonchev–Trinajstić information content (AvgIpc) is 3.23. The van der Waals surface area contributed by atoms with Crippen LogP contribution >= 0.6 is 0 Å². The molecule has 4 unspecified atom stereocenters. The third-order valence-electron chi connectivity index (χ3n) is 12.1. The van der Waals surface area contributed by atoms with Crippen LogP contribution in [0, 0.1) is 0 Å². The van der Waals surface area contributed by atoms with Gasteiger partial charge in [0.05, 0.1) is 18.8 Å². The Balaban J connectivity index is 3.66. The molecule has 58 heavy (non-hydrogen) atoms. The highest BCUT2D eigenvalue weighted by Gasteiger charge is 2.28. The van der Waals surface area contributed by atoms with Crippen molar-refractivity contribution in [3.05, 3.63) is 24.3 Å². The second kappa shape index (κ2) is 46.8. The highest BCUT2D eigenvalue weighted by Crippen LogP contribution is 2.17. The maximum absolute atomic E-state index is 12.5. The van der Waals surface area contributed by atoms with Crippen LogP contribution in [0.25, 0.3) is 0 Å². The lowest BCUT2D eigenvalue weighted by molar-refractivity contribution is -0.132. The van der Waals surface area contributed by atoms with E-state index in [0.717, 1.165) is 38.5 Å². The van der Waals surface area contributed by atoms with E-state index in [4.69, 9.17) is 0 Å². The van der Waals surface area contributed by atoms with Gasteiger partial charge in [-0.3, -0.25) is 4.79 Å². The summed E-state index contributed by atoms with van der Waals surface area (Å²) in [6.07, 6.45) is 55.3. The van der Waals surface area contributed by atoms with Gasteiger partial charge in [-0.1, -0.05) is 244 Å². The maximum atomic E-state index is 12.5. The molecule has 4 atom stereocenters. The molecule has 0 aliphatic carbocycles. The first-order chi connectivity index (χ1) is 28.5. The van der Waals surface area contributed by atoms with Crippen molar-refractivity contribution in [1.29, 1.82) is 0 Å². The third-order valence-corrected chi connectivity index (χ3v) is 12.1. The number of aliphatic hydroxyl groups is 4. The minimum Gasteiger partial charge on any atom is -0.394 e. The Morgan fingerprint density at radius 1 is 0.414 bits per heavy atom. The van der Waals surface area contributed by atoms with Crippen molar-refractivity contribution in [3.8, 4) is 0 Å². The number of hydrogen-bond donors (Lipinski definition) is 5. The topological polar surface area (TPSA) is 110 Å². The summed E-state index contributed by atoms with van der Waals surface area (Å²) in [4.78, 5) is 12.5. The molecule has 344 valence electrons. The molecule has 0 radical (unpaired) electrons. The van der Waals surface area contributed by atoms with Crippen molar-refractivity contribution in [1.82, 2.24) is 5.32 Å². The molecule has 0 saturated heterocycles. The van der Waals surface area contributed by atoms with E-state index in [2.05, 4.69) is 43.5 Å². The molecule has 0 aromatic heterocycles. The quantitative estimate of drug-likeness (QED) is 0.0310. The number of unbranched alkanes of at least 4 members (excludes halogenated alkanes) is 34. The molecule has 0 rings (SSSR count). The lowest BCUT2D eigenvalue weighted by Gasteiger charge is -2.27. The second-order valence-electron chi connectivity index (χ2n) is 17.9. The van der Waals surface area contributed by atoms with E-state index in [9.17, 15) is 25.2 Å². The normalized spacial score (nSPS) is 14.1. The molecular formula is C52H101NO5. The summed E-state index contributed by atoms with van der Waals surface area (Å²) in [7, 11) is 0. The van der Waals surface area contributed by atoms with Crippen molar-refractivity contribution in [2.24, 2.45) is 0 Å². The maximum Gasteiger partial charge on any atom is 0.249 e. The van der Waals surface area contributed by atoms with Gasteiger partial charge in [0.1, 0.15) is 12.2 Å². The number of nitrogens with one attached hydrogen (secondary N) is 1. The number of carbonyl (C=O) groups excluding carboxylic acids is 1. The van der Waals surface area contributed by atoms with Crippen LogP contribution in [0.4, 0.5) is 0 Å². The first kappa shape index (κ1) is 56.8. The number of rotatable bonds is 47. The smallest absolute Gasteiger partial charge is 0.249 e. The molecule has 6 heteroatoms. The Morgan fingerprint density at radius 3 is 1.09 bits per heavy atom. The molecule has 5 N–H and O–H groups in total. The van der Waals surface area contributed by atoms with Gasteiger partial charge < -0.3 is 25.7 Å². The largest absolute Gasteiger partial charge is 0.394 e. The summed E-state index contributed by atoms with van der Waals surface area (Å²) in [5.74, 6) is -0.595. The molecule has 1 amide bonds. The van der Waals surface area contributed by atoms with Crippen LogP contribution in [0.5, 0.6) is 0 Å². The second-order valence-corrected chi connectivity index (χ2v) is 17.9. The number of aliphatic hydroxyl groups excluding tert-OH is 4. The number of hydrogen-bond acceptors (Lipinski definition) is 5. The van der Waals surface area contributed by atoms with Crippen LogP contribution in [0.2, 0.25) is 0 Å². The summed E-state index contributed by atoms with van der Waals surface area (Å²) in [6, 6.07) is -1.00. The van der Waals surface area contributed by atoms with Crippen LogP contribution in [0.1, 0.15) is 271 Å². The van der Waals surface area contributed by atoms with Gasteiger partial charge in [-0.25, -0.2) is 0 Å². The molecule has 0 aliphatic rings. The van der Waals surface area contributed by atoms with E-state index < -0.39 is 36.9 Å². The molecule has 0 spiro atoms. The van der Waals surface area contributed by atoms with Gasteiger partial charge in [-0.15, -0.1) is 0 Å². The highest BCUT2D eigenvalue weighted by atomic mass is 16.3. The zero-order valence-corrected chi connectivity index (χ0v) is 38.8.